The van der Waals surface area contributed by atoms with Gasteiger partial charge in [-0.1, -0.05) is 0 Å². The zero-order chi connectivity index (χ0) is 21.4. The van der Waals surface area contributed by atoms with Crippen LogP contribution in [0.5, 0.6) is 0 Å². The van der Waals surface area contributed by atoms with Gasteiger partial charge in [0.1, 0.15) is 0 Å². The van der Waals surface area contributed by atoms with Gasteiger partial charge in [0, 0.05) is 29.5 Å². The highest BCUT2D eigenvalue weighted by Crippen LogP contribution is 2.37. The molecule has 0 bridgehead atoms. The van der Waals surface area contributed by atoms with E-state index < -0.39 is 0 Å². The molecule has 4 aliphatic rings. The average molecular weight is 404 g/mol. The zero-order valence-corrected chi connectivity index (χ0v) is 17.3. The van der Waals surface area contributed by atoms with Gasteiger partial charge in [0.05, 0.1) is 22.5 Å². The van der Waals surface area contributed by atoms with Gasteiger partial charge in [-0.2, -0.15) is 0 Å². The number of carbonyl (C=O) groups excluding carboxylic acids is 3. The van der Waals surface area contributed by atoms with E-state index in [1.807, 2.05) is 14.1 Å². The SMILES string of the molecule is CNCCC1=C2C(=O)C(C3=CC=C4N=CC(CCN(C)C)=C4C3=O)=CC=C2NC1=O. The molecule has 7 nitrogen and oxygen atoms in total. The molecular formula is C23H24N4O3. The minimum Gasteiger partial charge on any atom is -0.322 e. The molecule has 0 aromatic carbocycles. The Morgan fingerprint density at radius 1 is 0.967 bits per heavy atom. The van der Waals surface area contributed by atoms with Crippen LogP contribution in [0.25, 0.3) is 0 Å². The van der Waals surface area contributed by atoms with Gasteiger partial charge in [-0.25, -0.2) is 0 Å². The summed E-state index contributed by atoms with van der Waals surface area (Å²) in [6, 6.07) is 0. The molecule has 0 saturated carbocycles. The summed E-state index contributed by atoms with van der Waals surface area (Å²) in [4.78, 5) is 45.4. The summed E-state index contributed by atoms with van der Waals surface area (Å²) < 4.78 is 0. The summed E-state index contributed by atoms with van der Waals surface area (Å²) >= 11 is 0. The van der Waals surface area contributed by atoms with Gasteiger partial charge in [-0.15, -0.1) is 0 Å². The molecule has 1 amide bonds. The number of nitrogens with one attached hydrogen (secondary N) is 2. The highest BCUT2D eigenvalue weighted by atomic mass is 16.2. The van der Waals surface area contributed by atoms with Crippen molar-refractivity contribution in [3.8, 4) is 0 Å². The highest BCUT2D eigenvalue weighted by molar-refractivity contribution is 6.29. The summed E-state index contributed by atoms with van der Waals surface area (Å²) in [6.07, 6.45) is 9.67. The summed E-state index contributed by atoms with van der Waals surface area (Å²) in [5.41, 5.74) is 4.11. The van der Waals surface area contributed by atoms with Gasteiger partial charge in [0.25, 0.3) is 5.91 Å². The number of hydrogen-bond donors (Lipinski definition) is 2. The van der Waals surface area contributed by atoms with Gasteiger partial charge in [0.2, 0.25) is 0 Å². The lowest BCUT2D eigenvalue weighted by Gasteiger charge is -2.19. The summed E-state index contributed by atoms with van der Waals surface area (Å²) in [5.74, 6) is -0.730. The molecule has 7 heteroatoms. The first-order valence-electron chi connectivity index (χ1n) is 9.98. The smallest absolute Gasteiger partial charge is 0.252 e. The van der Waals surface area contributed by atoms with Crippen LogP contribution < -0.4 is 10.6 Å². The maximum absolute atomic E-state index is 13.3. The Labute approximate surface area is 175 Å². The molecule has 0 spiro atoms. The number of rotatable bonds is 7. The quantitative estimate of drug-likeness (QED) is 0.664. The van der Waals surface area contributed by atoms with Crippen molar-refractivity contribution in [1.82, 2.24) is 15.5 Å². The van der Waals surface area contributed by atoms with Crippen LogP contribution in [0.3, 0.4) is 0 Å². The number of fused-ring (bicyclic) bond motifs is 2. The van der Waals surface area contributed by atoms with Crippen LogP contribution in [-0.4, -0.2) is 62.8 Å². The molecule has 0 saturated heterocycles. The molecule has 0 radical (unpaired) electrons. The third-order valence-corrected chi connectivity index (χ3v) is 5.54. The van der Waals surface area contributed by atoms with Crippen molar-refractivity contribution in [2.75, 3.05) is 34.2 Å². The van der Waals surface area contributed by atoms with Gasteiger partial charge < -0.3 is 15.5 Å². The number of ketones is 2. The Balaban J connectivity index is 1.68. The Morgan fingerprint density at radius 3 is 2.37 bits per heavy atom. The molecule has 4 rings (SSSR count). The maximum atomic E-state index is 13.3. The fourth-order valence-electron chi connectivity index (χ4n) is 3.95. The van der Waals surface area contributed by atoms with Crippen molar-refractivity contribution in [3.63, 3.8) is 0 Å². The van der Waals surface area contributed by atoms with E-state index in [9.17, 15) is 14.4 Å². The van der Waals surface area contributed by atoms with E-state index in [2.05, 4.69) is 20.5 Å². The molecule has 0 aromatic rings. The van der Waals surface area contributed by atoms with Crippen molar-refractivity contribution < 1.29 is 14.4 Å². The van der Waals surface area contributed by atoms with Crippen molar-refractivity contribution in [1.29, 1.82) is 0 Å². The van der Waals surface area contributed by atoms with Crippen LogP contribution in [0.2, 0.25) is 0 Å². The highest BCUT2D eigenvalue weighted by Gasteiger charge is 2.38. The molecule has 2 aliphatic carbocycles. The van der Waals surface area contributed by atoms with E-state index in [-0.39, 0.29) is 17.5 Å². The normalized spacial score (nSPS) is 20.3. The van der Waals surface area contributed by atoms with Crippen LogP contribution >= 0.6 is 0 Å². The molecule has 0 atom stereocenters. The Bertz CT molecular complexity index is 1080. The molecule has 0 fully saturated rings. The number of aliphatic imine (C=N–C) groups is 1. The molecule has 2 aliphatic heterocycles. The summed E-state index contributed by atoms with van der Waals surface area (Å²) in [5, 5.41) is 5.76. The van der Waals surface area contributed by atoms with Crippen LogP contribution in [0.15, 0.2) is 74.1 Å². The van der Waals surface area contributed by atoms with E-state index in [4.69, 9.17) is 0 Å². The van der Waals surface area contributed by atoms with E-state index in [0.29, 0.717) is 58.6 Å². The van der Waals surface area contributed by atoms with E-state index in [0.717, 1.165) is 12.1 Å². The second kappa shape index (κ2) is 7.93. The zero-order valence-electron chi connectivity index (χ0n) is 17.3. The van der Waals surface area contributed by atoms with Crippen LogP contribution in [0.4, 0.5) is 0 Å². The number of hydrogen-bond acceptors (Lipinski definition) is 6. The maximum Gasteiger partial charge on any atom is 0.252 e. The topological polar surface area (TPSA) is 90.9 Å². The Hall–Kier alpha value is -3.16. The number of carbonyl (C=O) groups is 3. The van der Waals surface area contributed by atoms with Crippen molar-refractivity contribution in [2.24, 2.45) is 4.99 Å². The van der Waals surface area contributed by atoms with Crippen molar-refractivity contribution in [2.45, 2.75) is 12.8 Å². The second-order valence-electron chi connectivity index (χ2n) is 7.82. The number of amides is 1. The third-order valence-electron chi connectivity index (χ3n) is 5.54. The minimum absolute atomic E-state index is 0.190. The van der Waals surface area contributed by atoms with E-state index >= 15 is 0 Å². The monoisotopic (exact) mass is 404 g/mol. The van der Waals surface area contributed by atoms with Crippen molar-refractivity contribution >= 4 is 23.7 Å². The van der Waals surface area contributed by atoms with Crippen LogP contribution in [-0.2, 0) is 14.4 Å². The predicted octanol–water partition coefficient (Wildman–Crippen LogP) is 1.14. The van der Waals surface area contributed by atoms with Gasteiger partial charge >= 0.3 is 0 Å². The van der Waals surface area contributed by atoms with Crippen molar-refractivity contribution in [3.05, 3.63) is 69.1 Å². The molecular weight excluding hydrogens is 380 g/mol. The van der Waals surface area contributed by atoms with Gasteiger partial charge in [-0.3, -0.25) is 19.4 Å². The Kier molecular flexibility index (Phi) is 5.32. The van der Waals surface area contributed by atoms with Crippen LogP contribution in [0, 0.1) is 0 Å². The molecule has 0 unspecified atom stereocenters. The largest absolute Gasteiger partial charge is 0.322 e. The van der Waals surface area contributed by atoms with Gasteiger partial charge in [0.15, 0.2) is 11.6 Å². The standard InChI is InChI=1S/C23H24N4O3/c1-24-10-8-16-20-18(26-23(16)30)7-5-15(22(20)29)14-4-6-17-19(21(14)28)13(12-25-17)9-11-27(2)3/h4-7,12,24H,8-11H2,1-3H3,(H,26,30). The molecule has 2 N–H and O–H groups in total. The number of allylic oxidation sites excluding steroid dienone is 8. The third kappa shape index (κ3) is 3.36. The first kappa shape index (κ1) is 20.1. The molecule has 154 valence electrons. The van der Waals surface area contributed by atoms with E-state index in [1.54, 1.807) is 37.6 Å². The Morgan fingerprint density at radius 2 is 1.67 bits per heavy atom. The number of Topliss-reactive ketones (excluding diaryl/α,β-unsaturated/α-hetero) is 2. The molecule has 0 aromatic heterocycles. The average Bonchev–Trinajstić information content (AvgIpc) is 3.27. The predicted molar refractivity (Wildman–Crippen MR) is 115 cm³/mol. The van der Waals surface area contributed by atoms with Gasteiger partial charge in [-0.05, 0) is 70.4 Å². The lowest BCUT2D eigenvalue weighted by atomic mass is 9.82. The lowest BCUT2D eigenvalue weighted by molar-refractivity contribution is -0.116. The fourth-order valence-corrected chi connectivity index (χ4v) is 3.95. The molecule has 30 heavy (non-hydrogen) atoms. The number of nitrogens with zero attached hydrogens (tertiary/aromatic N) is 2. The summed E-state index contributed by atoms with van der Waals surface area (Å²) in [6.45, 7) is 1.38. The minimum atomic E-state index is -0.289. The van der Waals surface area contributed by atoms with Crippen LogP contribution in [0.1, 0.15) is 12.8 Å². The summed E-state index contributed by atoms with van der Waals surface area (Å²) in [7, 11) is 5.76. The lowest BCUT2D eigenvalue weighted by Crippen LogP contribution is -2.22. The molecule has 2 heterocycles. The van der Waals surface area contributed by atoms with E-state index in [1.165, 1.54) is 0 Å². The first-order chi connectivity index (χ1) is 14.4. The fraction of sp³-hybridized carbons (Fsp3) is 0.304. The first-order valence-corrected chi connectivity index (χ1v) is 9.98. The second-order valence-corrected chi connectivity index (χ2v) is 7.82.